The van der Waals surface area contributed by atoms with Crippen molar-refractivity contribution >= 4 is 0 Å². The summed E-state index contributed by atoms with van der Waals surface area (Å²) in [5.41, 5.74) is 3.06. The Bertz CT molecular complexity index is 207. The zero-order valence-electron chi connectivity index (χ0n) is 7.93. The summed E-state index contributed by atoms with van der Waals surface area (Å²) in [5, 5.41) is 3.11. The molecule has 1 N–H and O–H groups in total. The first-order chi connectivity index (χ1) is 5.88. The molecule has 1 aliphatic rings. The van der Waals surface area contributed by atoms with Gasteiger partial charge in [-0.05, 0) is 30.6 Å². The van der Waals surface area contributed by atoms with Crippen LogP contribution in [0.2, 0.25) is 0 Å². The fourth-order valence-corrected chi connectivity index (χ4v) is 1.09. The van der Waals surface area contributed by atoms with E-state index < -0.39 is 0 Å². The minimum absolute atomic E-state index is 1.09. The van der Waals surface area contributed by atoms with Crippen LogP contribution in [-0.4, -0.2) is 13.1 Å². The topological polar surface area (TPSA) is 12.0 Å². The van der Waals surface area contributed by atoms with Gasteiger partial charge in [0, 0.05) is 0 Å². The zero-order valence-corrected chi connectivity index (χ0v) is 7.93. The summed E-state index contributed by atoms with van der Waals surface area (Å²) in [5.74, 6) is 0. The molecular weight excluding hydrogens is 146 g/mol. The standard InChI is InChI=1S/C7H6.C4H11N/c1-2-4-7-5-6(7)3-1;1-3-5-4-2/h1-4H,5H2;5H,3-4H2,1-2H3. The summed E-state index contributed by atoms with van der Waals surface area (Å²) in [6.45, 7) is 6.39. The highest BCUT2D eigenvalue weighted by Crippen LogP contribution is 2.25. The van der Waals surface area contributed by atoms with Crippen LogP contribution in [0.4, 0.5) is 0 Å². The van der Waals surface area contributed by atoms with Gasteiger partial charge in [-0.1, -0.05) is 38.1 Å². The van der Waals surface area contributed by atoms with E-state index in [0.717, 1.165) is 13.1 Å². The van der Waals surface area contributed by atoms with E-state index >= 15 is 0 Å². The van der Waals surface area contributed by atoms with Gasteiger partial charge in [0.05, 0.1) is 0 Å². The quantitative estimate of drug-likeness (QED) is 0.715. The molecule has 12 heavy (non-hydrogen) atoms. The number of rotatable bonds is 2. The van der Waals surface area contributed by atoms with Crippen molar-refractivity contribution in [2.75, 3.05) is 13.1 Å². The molecule has 0 atom stereocenters. The number of nitrogens with one attached hydrogen (secondary N) is 1. The van der Waals surface area contributed by atoms with Gasteiger partial charge < -0.3 is 5.32 Å². The molecule has 0 unspecified atom stereocenters. The van der Waals surface area contributed by atoms with Crippen LogP contribution in [0.3, 0.4) is 0 Å². The SMILES string of the molecule is CCNCC.c1ccc2c(c1)C2. The average molecular weight is 163 g/mol. The van der Waals surface area contributed by atoms with Crippen molar-refractivity contribution in [2.45, 2.75) is 20.3 Å². The van der Waals surface area contributed by atoms with Gasteiger partial charge in [0.15, 0.2) is 0 Å². The molecule has 0 saturated carbocycles. The molecule has 1 aromatic rings. The Morgan fingerprint density at radius 2 is 1.58 bits per heavy atom. The first-order valence-electron chi connectivity index (χ1n) is 4.66. The fourth-order valence-electron chi connectivity index (χ4n) is 1.09. The molecule has 1 aliphatic carbocycles. The number of hydrogen-bond donors (Lipinski definition) is 1. The zero-order chi connectivity index (χ0) is 8.81. The molecule has 66 valence electrons. The minimum atomic E-state index is 1.09. The van der Waals surface area contributed by atoms with Crippen molar-refractivity contribution in [3.8, 4) is 0 Å². The molecule has 0 fully saturated rings. The van der Waals surface area contributed by atoms with Gasteiger partial charge in [0.2, 0.25) is 0 Å². The van der Waals surface area contributed by atoms with Crippen molar-refractivity contribution in [3.63, 3.8) is 0 Å². The summed E-state index contributed by atoms with van der Waals surface area (Å²) in [7, 11) is 0. The van der Waals surface area contributed by atoms with Crippen molar-refractivity contribution in [1.82, 2.24) is 5.32 Å². The van der Waals surface area contributed by atoms with Gasteiger partial charge in [0.25, 0.3) is 0 Å². The highest BCUT2D eigenvalue weighted by Gasteiger charge is 2.12. The van der Waals surface area contributed by atoms with Crippen LogP contribution in [0.25, 0.3) is 0 Å². The molecule has 0 saturated heterocycles. The minimum Gasteiger partial charge on any atom is -0.317 e. The Morgan fingerprint density at radius 1 is 1.08 bits per heavy atom. The fraction of sp³-hybridized carbons (Fsp3) is 0.455. The third-order valence-electron chi connectivity index (χ3n) is 1.87. The van der Waals surface area contributed by atoms with Crippen LogP contribution in [0.5, 0.6) is 0 Å². The first-order valence-corrected chi connectivity index (χ1v) is 4.66. The molecule has 0 bridgehead atoms. The lowest BCUT2D eigenvalue weighted by Gasteiger charge is -1.86. The van der Waals surface area contributed by atoms with Gasteiger partial charge in [-0.3, -0.25) is 0 Å². The maximum atomic E-state index is 3.11. The monoisotopic (exact) mass is 163 g/mol. The highest BCUT2D eigenvalue weighted by atomic mass is 14.8. The lowest BCUT2D eigenvalue weighted by Crippen LogP contribution is -2.09. The van der Waals surface area contributed by atoms with Gasteiger partial charge >= 0.3 is 0 Å². The van der Waals surface area contributed by atoms with E-state index in [1.165, 1.54) is 17.5 Å². The lowest BCUT2D eigenvalue weighted by molar-refractivity contribution is 0.762. The van der Waals surface area contributed by atoms with Crippen molar-refractivity contribution in [2.24, 2.45) is 0 Å². The van der Waals surface area contributed by atoms with Gasteiger partial charge in [-0.15, -0.1) is 0 Å². The predicted octanol–water partition coefficient (Wildman–Crippen LogP) is 2.21. The molecule has 0 heterocycles. The van der Waals surface area contributed by atoms with E-state index in [9.17, 15) is 0 Å². The van der Waals surface area contributed by atoms with Crippen LogP contribution in [0.1, 0.15) is 25.0 Å². The van der Waals surface area contributed by atoms with Gasteiger partial charge in [-0.25, -0.2) is 0 Å². The largest absolute Gasteiger partial charge is 0.317 e. The highest BCUT2D eigenvalue weighted by molar-refractivity contribution is 5.44. The molecule has 0 spiro atoms. The predicted molar refractivity (Wildman–Crippen MR) is 53.5 cm³/mol. The summed E-state index contributed by atoms with van der Waals surface area (Å²) in [6, 6.07) is 8.53. The Kier molecular flexibility index (Phi) is 3.81. The van der Waals surface area contributed by atoms with E-state index in [2.05, 4.69) is 43.4 Å². The normalized spacial score (nSPS) is 11.2. The molecule has 1 heteroatoms. The van der Waals surface area contributed by atoms with Crippen molar-refractivity contribution in [3.05, 3.63) is 35.4 Å². The van der Waals surface area contributed by atoms with Crippen molar-refractivity contribution in [1.29, 1.82) is 0 Å². The third kappa shape index (κ3) is 3.05. The number of fused-ring (bicyclic) bond motifs is 1. The van der Waals surface area contributed by atoms with Crippen LogP contribution >= 0.6 is 0 Å². The summed E-state index contributed by atoms with van der Waals surface area (Å²) < 4.78 is 0. The molecule has 1 nitrogen and oxygen atoms in total. The van der Waals surface area contributed by atoms with Crippen LogP contribution in [0, 0.1) is 0 Å². The van der Waals surface area contributed by atoms with E-state index in [1.54, 1.807) is 0 Å². The first kappa shape index (κ1) is 9.27. The summed E-state index contributed by atoms with van der Waals surface area (Å²) in [4.78, 5) is 0. The van der Waals surface area contributed by atoms with Gasteiger partial charge in [0.1, 0.15) is 0 Å². The average Bonchev–Trinajstić information content (AvgIpc) is 2.85. The molecule has 0 radical (unpaired) electrons. The number of benzene rings is 1. The van der Waals surface area contributed by atoms with Crippen molar-refractivity contribution < 1.29 is 0 Å². The van der Waals surface area contributed by atoms with E-state index in [-0.39, 0.29) is 0 Å². The smallest absolute Gasteiger partial charge is 0.00201 e. The molecule has 0 aromatic heterocycles. The van der Waals surface area contributed by atoms with Crippen LogP contribution in [-0.2, 0) is 6.42 Å². The Balaban J connectivity index is 0.000000130. The number of hydrogen-bond acceptors (Lipinski definition) is 1. The molecule has 2 rings (SSSR count). The molecular formula is C11H17N. The molecule has 0 aliphatic heterocycles. The van der Waals surface area contributed by atoms with E-state index in [0.29, 0.717) is 0 Å². The van der Waals surface area contributed by atoms with E-state index in [4.69, 9.17) is 0 Å². The van der Waals surface area contributed by atoms with Gasteiger partial charge in [-0.2, -0.15) is 0 Å². The maximum absolute atomic E-state index is 3.11. The Morgan fingerprint density at radius 3 is 1.83 bits per heavy atom. The third-order valence-corrected chi connectivity index (χ3v) is 1.87. The maximum Gasteiger partial charge on any atom is -0.00201 e. The second-order valence-corrected chi connectivity index (χ2v) is 2.90. The summed E-state index contributed by atoms with van der Waals surface area (Å²) >= 11 is 0. The summed E-state index contributed by atoms with van der Waals surface area (Å²) in [6.07, 6.45) is 1.24. The van der Waals surface area contributed by atoms with Crippen LogP contribution < -0.4 is 5.32 Å². The second kappa shape index (κ2) is 4.94. The van der Waals surface area contributed by atoms with E-state index in [1.807, 2.05) is 0 Å². The lowest BCUT2D eigenvalue weighted by atomic mass is 10.4. The molecule has 1 aromatic carbocycles. The van der Waals surface area contributed by atoms with Crippen LogP contribution in [0.15, 0.2) is 24.3 Å². The Labute approximate surface area is 74.8 Å². The Hall–Kier alpha value is -0.820. The second-order valence-electron chi connectivity index (χ2n) is 2.90. The molecule has 0 amide bonds.